The van der Waals surface area contributed by atoms with E-state index in [2.05, 4.69) is 25.4 Å². The Kier molecular flexibility index (Phi) is 5.54. The van der Waals surface area contributed by atoms with Gasteiger partial charge in [-0.2, -0.15) is 11.8 Å². The van der Waals surface area contributed by atoms with E-state index >= 15 is 0 Å². The van der Waals surface area contributed by atoms with Crippen LogP contribution in [0.25, 0.3) is 0 Å². The normalized spacial score (nSPS) is 11.3. The van der Waals surface area contributed by atoms with Crippen LogP contribution in [0, 0.1) is 0 Å². The molecule has 0 atom stereocenters. The van der Waals surface area contributed by atoms with Gasteiger partial charge in [0.15, 0.2) is 0 Å². The molecular weight excluding hydrogens is 258 g/mol. The van der Waals surface area contributed by atoms with E-state index in [4.69, 9.17) is 11.5 Å². The summed E-state index contributed by atoms with van der Waals surface area (Å²) in [5.41, 5.74) is 12.8. The fourth-order valence-electron chi connectivity index (χ4n) is 2.04. The quantitative estimate of drug-likeness (QED) is 0.671. The van der Waals surface area contributed by atoms with Crippen LogP contribution in [0.4, 0.5) is 11.4 Å². The van der Waals surface area contributed by atoms with E-state index in [-0.39, 0.29) is 4.75 Å². The van der Waals surface area contributed by atoms with E-state index in [1.54, 1.807) is 12.1 Å². The van der Waals surface area contributed by atoms with Crippen molar-refractivity contribution in [3.63, 3.8) is 0 Å². The summed E-state index contributed by atoms with van der Waals surface area (Å²) in [6.07, 6.45) is 4.25. The van der Waals surface area contributed by atoms with Gasteiger partial charge in [-0.1, -0.05) is 13.8 Å². The van der Waals surface area contributed by atoms with Crippen LogP contribution in [0.3, 0.4) is 0 Å². The summed E-state index contributed by atoms with van der Waals surface area (Å²) in [4.78, 5) is 11.4. The molecule has 1 rings (SSSR count). The topological polar surface area (TPSA) is 81.1 Å². The van der Waals surface area contributed by atoms with Crippen molar-refractivity contribution < 1.29 is 4.79 Å². The van der Waals surface area contributed by atoms with Crippen molar-refractivity contribution in [2.75, 3.05) is 23.9 Å². The first kappa shape index (κ1) is 15.7. The van der Waals surface area contributed by atoms with E-state index in [1.807, 2.05) is 17.8 Å². The smallest absolute Gasteiger partial charge is 0.250 e. The molecule has 0 heterocycles. The first-order chi connectivity index (χ1) is 8.98. The lowest BCUT2D eigenvalue weighted by Gasteiger charge is -2.30. The predicted molar refractivity (Wildman–Crippen MR) is 84.7 cm³/mol. The van der Waals surface area contributed by atoms with Gasteiger partial charge in [-0.05, 0) is 37.3 Å². The van der Waals surface area contributed by atoms with Gasteiger partial charge in [-0.3, -0.25) is 4.79 Å². The molecule has 0 saturated heterocycles. The van der Waals surface area contributed by atoms with E-state index in [1.165, 1.54) is 0 Å². The van der Waals surface area contributed by atoms with Gasteiger partial charge in [-0.25, -0.2) is 0 Å². The Hall–Kier alpha value is -1.36. The number of thioether (sulfide) groups is 1. The van der Waals surface area contributed by atoms with Crippen LogP contribution in [-0.2, 0) is 0 Å². The van der Waals surface area contributed by atoms with Crippen LogP contribution in [0.15, 0.2) is 18.2 Å². The predicted octanol–water partition coefficient (Wildman–Crippen LogP) is 2.70. The first-order valence-electron chi connectivity index (χ1n) is 6.46. The van der Waals surface area contributed by atoms with Crippen molar-refractivity contribution >= 4 is 29.0 Å². The summed E-state index contributed by atoms with van der Waals surface area (Å²) in [7, 11) is 0. The molecule has 5 heteroatoms. The summed E-state index contributed by atoms with van der Waals surface area (Å²) < 4.78 is 0.177. The molecule has 4 nitrogen and oxygen atoms in total. The highest BCUT2D eigenvalue weighted by atomic mass is 32.2. The number of hydrogen-bond donors (Lipinski definition) is 3. The zero-order chi connectivity index (χ0) is 14.5. The van der Waals surface area contributed by atoms with E-state index in [0.717, 1.165) is 25.1 Å². The molecule has 0 radical (unpaired) electrons. The van der Waals surface area contributed by atoms with Gasteiger partial charge in [-0.15, -0.1) is 0 Å². The number of amides is 1. The summed E-state index contributed by atoms with van der Waals surface area (Å²) in [5, 5.41) is 3.34. The SMILES string of the molecule is CCC(CC)(CNc1ccc(N)cc1C(N)=O)SC. The van der Waals surface area contributed by atoms with Crippen LogP contribution < -0.4 is 16.8 Å². The molecule has 0 saturated carbocycles. The second-order valence-electron chi connectivity index (χ2n) is 4.62. The lowest BCUT2D eigenvalue weighted by atomic mass is 10.0. The Morgan fingerprint density at radius 2 is 2.00 bits per heavy atom. The maximum Gasteiger partial charge on any atom is 0.250 e. The summed E-state index contributed by atoms with van der Waals surface area (Å²) in [6, 6.07) is 5.20. The number of anilines is 2. The van der Waals surface area contributed by atoms with Gasteiger partial charge in [0, 0.05) is 22.7 Å². The van der Waals surface area contributed by atoms with Crippen molar-refractivity contribution in [3.05, 3.63) is 23.8 Å². The lowest BCUT2D eigenvalue weighted by molar-refractivity contribution is 0.100. The molecule has 0 aromatic heterocycles. The van der Waals surface area contributed by atoms with Gasteiger partial charge in [0.25, 0.3) is 5.91 Å². The van der Waals surface area contributed by atoms with Crippen molar-refractivity contribution in [1.82, 2.24) is 0 Å². The van der Waals surface area contributed by atoms with Gasteiger partial charge < -0.3 is 16.8 Å². The number of benzene rings is 1. The van der Waals surface area contributed by atoms with Crippen LogP contribution in [-0.4, -0.2) is 23.5 Å². The van der Waals surface area contributed by atoms with Crippen molar-refractivity contribution in [1.29, 1.82) is 0 Å². The van der Waals surface area contributed by atoms with Gasteiger partial charge >= 0.3 is 0 Å². The largest absolute Gasteiger partial charge is 0.399 e. The zero-order valence-corrected chi connectivity index (χ0v) is 12.6. The maximum atomic E-state index is 11.4. The average Bonchev–Trinajstić information content (AvgIpc) is 2.42. The molecule has 0 spiro atoms. The summed E-state index contributed by atoms with van der Waals surface area (Å²) in [5.74, 6) is -0.461. The third-order valence-corrected chi connectivity index (χ3v) is 5.22. The van der Waals surface area contributed by atoms with E-state index in [9.17, 15) is 4.79 Å². The first-order valence-corrected chi connectivity index (χ1v) is 7.69. The number of carbonyl (C=O) groups excluding carboxylic acids is 1. The highest BCUT2D eigenvalue weighted by Gasteiger charge is 2.25. The maximum absolute atomic E-state index is 11.4. The molecule has 0 aliphatic carbocycles. The molecule has 19 heavy (non-hydrogen) atoms. The van der Waals surface area contributed by atoms with Crippen LogP contribution >= 0.6 is 11.8 Å². The molecule has 5 N–H and O–H groups in total. The number of rotatable bonds is 7. The monoisotopic (exact) mass is 281 g/mol. The Morgan fingerprint density at radius 1 is 1.37 bits per heavy atom. The van der Waals surface area contributed by atoms with Crippen LogP contribution in [0.5, 0.6) is 0 Å². The lowest BCUT2D eigenvalue weighted by Crippen LogP contribution is -2.32. The number of hydrogen-bond acceptors (Lipinski definition) is 4. The van der Waals surface area contributed by atoms with Crippen molar-refractivity contribution in [2.45, 2.75) is 31.4 Å². The van der Waals surface area contributed by atoms with E-state index < -0.39 is 5.91 Å². The molecule has 1 aromatic rings. The minimum absolute atomic E-state index is 0.177. The fourth-order valence-corrected chi connectivity index (χ4v) is 2.83. The van der Waals surface area contributed by atoms with Crippen molar-refractivity contribution in [3.8, 4) is 0 Å². The second kappa shape index (κ2) is 6.70. The minimum Gasteiger partial charge on any atom is -0.399 e. The number of nitrogen functional groups attached to an aromatic ring is 1. The minimum atomic E-state index is -0.461. The van der Waals surface area contributed by atoms with Crippen molar-refractivity contribution in [2.24, 2.45) is 5.73 Å². The number of carbonyl (C=O) groups is 1. The highest BCUT2D eigenvalue weighted by Crippen LogP contribution is 2.31. The molecular formula is C14H23N3OS. The van der Waals surface area contributed by atoms with E-state index in [0.29, 0.717) is 11.3 Å². The van der Waals surface area contributed by atoms with Gasteiger partial charge in [0.1, 0.15) is 0 Å². The molecule has 0 aliphatic rings. The average molecular weight is 281 g/mol. The Morgan fingerprint density at radius 3 is 2.47 bits per heavy atom. The molecule has 0 bridgehead atoms. The summed E-state index contributed by atoms with van der Waals surface area (Å²) in [6.45, 7) is 5.16. The standard InChI is InChI=1S/C14H23N3OS/c1-4-14(5-2,19-3)9-17-12-7-6-10(15)8-11(12)13(16)18/h6-8,17H,4-5,9,15H2,1-3H3,(H2,16,18). The Labute approximate surface area is 119 Å². The molecule has 0 fully saturated rings. The highest BCUT2D eigenvalue weighted by molar-refractivity contribution is 8.00. The van der Waals surface area contributed by atoms with Crippen LogP contribution in [0.2, 0.25) is 0 Å². The molecule has 0 aliphatic heterocycles. The molecule has 106 valence electrons. The Balaban J connectivity index is 2.91. The molecule has 1 amide bonds. The molecule has 1 aromatic carbocycles. The van der Waals surface area contributed by atoms with Crippen LogP contribution in [0.1, 0.15) is 37.0 Å². The number of nitrogens with two attached hydrogens (primary N) is 2. The third-order valence-electron chi connectivity index (χ3n) is 3.63. The second-order valence-corrected chi connectivity index (χ2v) is 5.89. The fraction of sp³-hybridized carbons (Fsp3) is 0.500. The summed E-state index contributed by atoms with van der Waals surface area (Å²) >= 11 is 1.85. The Bertz CT molecular complexity index is 436. The third kappa shape index (κ3) is 3.80. The zero-order valence-electron chi connectivity index (χ0n) is 11.8. The van der Waals surface area contributed by atoms with Gasteiger partial charge in [0.05, 0.1) is 5.56 Å². The number of primary amides is 1. The molecule has 0 unspecified atom stereocenters. The number of nitrogens with one attached hydrogen (secondary N) is 1. The van der Waals surface area contributed by atoms with Gasteiger partial charge in [0.2, 0.25) is 0 Å².